The van der Waals surface area contributed by atoms with Gasteiger partial charge in [0.2, 0.25) is 10.0 Å². The standard InChI is InChI=1S/C12H19NO4S/c1-10-5-3-4-6-12(10)18(15,16)13-11(9-14)7-8-17-2/h3-6,11,13-14H,7-9H2,1-2H3. The summed E-state index contributed by atoms with van der Waals surface area (Å²) < 4.78 is 31.6. The van der Waals surface area contributed by atoms with Crippen molar-refractivity contribution in [3.05, 3.63) is 29.8 Å². The van der Waals surface area contributed by atoms with Crippen LogP contribution < -0.4 is 4.72 Å². The molecule has 0 aliphatic heterocycles. The van der Waals surface area contributed by atoms with Crippen molar-refractivity contribution >= 4 is 10.0 Å². The van der Waals surface area contributed by atoms with Crippen LogP contribution in [0.2, 0.25) is 0 Å². The molecule has 0 heterocycles. The number of hydrogen-bond acceptors (Lipinski definition) is 4. The van der Waals surface area contributed by atoms with E-state index in [-0.39, 0.29) is 11.5 Å². The fourth-order valence-electron chi connectivity index (χ4n) is 1.59. The molecule has 6 heteroatoms. The highest BCUT2D eigenvalue weighted by atomic mass is 32.2. The zero-order valence-corrected chi connectivity index (χ0v) is 11.4. The predicted octanol–water partition coefficient (Wildman–Crippen LogP) is 0.671. The molecule has 18 heavy (non-hydrogen) atoms. The molecule has 2 N–H and O–H groups in total. The van der Waals surface area contributed by atoms with Crippen molar-refractivity contribution in [3.63, 3.8) is 0 Å². The third-order valence-electron chi connectivity index (χ3n) is 2.60. The Kier molecular flexibility index (Phi) is 5.74. The zero-order valence-electron chi connectivity index (χ0n) is 10.6. The van der Waals surface area contributed by atoms with E-state index in [1.165, 1.54) is 7.11 Å². The maximum Gasteiger partial charge on any atom is 0.241 e. The van der Waals surface area contributed by atoms with Gasteiger partial charge in [0.15, 0.2) is 0 Å². The number of sulfonamides is 1. The lowest BCUT2D eigenvalue weighted by Crippen LogP contribution is -2.38. The molecule has 0 saturated carbocycles. The molecular weight excluding hydrogens is 254 g/mol. The van der Waals surface area contributed by atoms with Crippen molar-refractivity contribution in [1.82, 2.24) is 4.72 Å². The highest BCUT2D eigenvalue weighted by Gasteiger charge is 2.20. The lowest BCUT2D eigenvalue weighted by Gasteiger charge is -2.16. The minimum atomic E-state index is -3.60. The highest BCUT2D eigenvalue weighted by molar-refractivity contribution is 7.89. The summed E-state index contributed by atoms with van der Waals surface area (Å²) in [7, 11) is -2.07. The normalized spacial score (nSPS) is 13.5. The molecule has 1 aromatic carbocycles. The third kappa shape index (κ3) is 4.06. The van der Waals surface area contributed by atoms with Gasteiger partial charge in [0.05, 0.1) is 11.5 Å². The second-order valence-electron chi connectivity index (χ2n) is 4.05. The van der Waals surface area contributed by atoms with E-state index >= 15 is 0 Å². The Morgan fingerprint density at radius 2 is 2.06 bits per heavy atom. The van der Waals surface area contributed by atoms with Gasteiger partial charge in [-0.2, -0.15) is 0 Å². The molecule has 0 fully saturated rings. The summed E-state index contributed by atoms with van der Waals surface area (Å²) in [6.07, 6.45) is 0.429. The van der Waals surface area contributed by atoms with E-state index in [9.17, 15) is 8.42 Å². The number of nitrogens with one attached hydrogen (secondary N) is 1. The van der Waals surface area contributed by atoms with Gasteiger partial charge in [0, 0.05) is 19.8 Å². The number of aliphatic hydroxyl groups is 1. The van der Waals surface area contributed by atoms with E-state index in [1.807, 2.05) is 0 Å². The number of ether oxygens (including phenoxy) is 1. The van der Waals surface area contributed by atoms with Gasteiger partial charge < -0.3 is 9.84 Å². The Hall–Kier alpha value is -0.950. The van der Waals surface area contributed by atoms with Crippen LogP contribution >= 0.6 is 0 Å². The van der Waals surface area contributed by atoms with Crippen LogP contribution in [0.1, 0.15) is 12.0 Å². The summed E-state index contributed by atoms with van der Waals surface area (Å²) >= 11 is 0. The average Bonchev–Trinajstić information content (AvgIpc) is 2.34. The Bertz CT molecular complexity index is 473. The summed E-state index contributed by atoms with van der Waals surface area (Å²) in [5.74, 6) is 0. The third-order valence-corrected chi connectivity index (χ3v) is 4.28. The van der Waals surface area contributed by atoms with Gasteiger partial charge in [-0.1, -0.05) is 18.2 Å². The van der Waals surface area contributed by atoms with Gasteiger partial charge in [0.25, 0.3) is 0 Å². The number of rotatable bonds is 7. The molecule has 0 aromatic heterocycles. The Morgan fingerprint density at radius 3 is 2.61 bits per heavy atom. The van der Waals surface area contributed by atoms with Crippen molar-refractivity contribution < 1.29 is 18.3 Å². The number of methoxy groups -OCH3 is 1. The molecule has 5 nitrogen and oxygen atoms in total. The van der Waals surface area contributed by atoms with Crippen LogP contribution in [-0.4, -0.2) is 39.9 Å². The maximum atomic E-state index is 12.1. The van der Waals surface area contributed by atoms with E-state index in [1.54, 1.807) is 31.2 Å². The first-order valence-electron chi connectivity index (χ1n) is 5.69. The van der Waals surface area contributed by atoms with Gasteiger partial charge >= 0.3 is 0 Å². The minimum Gasteiger partial charge on any atom is -0.395 e. The monoisotopic (exact) mass is 273 g/mol. The summed E-state index contributed by atoms with van der Waals surface area (Å²) in [5, 5.41) is 9.15. The molecule has 0 spiro atoms. The van der Waals surface area contributed by atoms with Gasteiger partial charge in [0.1, 0.15) is 0 Å². The second kappa shape index (κ2) is 6.84. The lowest BCUT2D eigenvalue weighted by molar-refractivity contribution is 0.166. The predicted molar refractivity (Wildman–Crippen MR) is 68.9 cm³/mol. The molecule has 1 rings (SSSR count). The van der Waals surface area contributed by atoms with E-state index in [4.69, 9.17) is 9.84 Å². The van der Waals surface area contributed by atoms with Crippen LogP contribution in [0.25, 0.3) is 0 Å². The van der Waals surface area contributed by atoms with Gasteiger partial charge in [-0.25, -0.2) is 13.1 Å². The lowest BCUT2D eigenvalue weighted by atomic mass is 10.2. The fraction of sp³-hybridized carbons (Fsp3) is 0.500. The zero-order chi connectivity index (χ0) is 13.6. The maximum absolute atomic E-state index is 12.1. The Morgan fingerprint density at radius 1 is 1.39 bits per heavy atom. The summed E-state index contributed by atoms with van der Waals surface area (Å²) in [6, 6.07) is 6.20. The second-order valence-corrected chi connectivity index (χ2v) is 5.73. The van der Waals surface area contributed by atoms with Crippen molar-refractivity contribution in [2.45, 2.75) is 24.3 Å². The first-order chi connectivity index (χ1) is 8.51. The molecule has 1 atom stereocenters. The molecule has 0 saturated heterocycles. The molecule has 0 bridgehead atoms. The number of hydrogen-bond donors (Lipinski definition) is 2. The first-order valence-corrected chi connectivity index (χ1v) is 7.17. The van der Waals surface area contributed by atoms with Crippen LogP contribution in [0.3, 0.4) is 0 Å². The summed E-state index contributed by atoms with van der Waals surface area (Å²) in [6.45, 7) is 1.87. The van der Waals surface area contributed by atoms with Gasteiger partial charge in [-0.05, 0) is 25.0 Å². The van der Waals surface area contributed by atoms with E-state index in [0.29, 0.717) is 18.6 Å². The summed E-state index contributed by atoms with van der Waals surface area (Å²) in [5.41, 5.74) is 0.674. The van der Waals surface area contributed by atoms with Crippen molar-refractivity contribution in [2.24, 2.45) is 0 Å². The van der Waals surface area contributed by atoms with Crippen molar-refractivity contribution in [3.8, 4) is 0 Å². The smallest absolute Gasteiger partial charge is 0.241 e. The van der Waals surface area contributed by atoms with E-state index in [2.05, 4.69) is 4.72 Å². The largest absolute Gasteiger partial charge is 0.395 e. The Balaban J connectivity index is 2.84. The SMILES string of the molecule is COCCC(CO)NS(=O)(=O)c1ccccc1C. The quantitative estimate of drug-likeness (QED) is 0.765. The van der Waals surface area contributed by atoms with Crippen molar-refractivity contribution in [2.75, 3.05) is 20.3 Å². The van der Waals surface area contributed by atoms with E-state index in [0.717, 1.165) is 0 Å². The average molecular weight is 273 g/mol. The molecule has 102 valence electrons. The van der Waals surface area contributed by atoms with Gasteiger partial charge in [-0.15, -0.1) is 0 Å². The number of aliphatic hydroxyl groups excluding tert-OH is 1. The Labute approximate surface area is 108 Å². The molecular formula is C12H19NO4S. The number of aryl methyl sites for hydroxylation is 1. The first kappa shape index (κ1) is 15.1. The summed E-state index contributed by atoms with van der Waals surface area (Å²) in [4.78, 5) is 0.237. The van der Waals surface area contributed by atoms with Crippen LogP contribution in [-0.2, 0) is 14.8 Å². The van der Waals surface area contributed by atoms with Crippen LogP contribution in [0, 0.1) is 6.92 Å². The van der Waals surface area contributed by atoms with Crippen LogP contribution in [0.4, 0.5) is 0 Å². The molecule has 0 radical (unpaired) electrons. The number of benzene rings is 1. The molecule has 0 amide bonds. The molecule has 1 aromatic rings. The van der Waals surface area contributed by atoms with Crippen molar-refractivity contribution in [1.29, 1.82) is 0 Å². The van der Waals surface area contributed by atoms with Crippen LogP contribution in [0.5, 0.6) is 0 Å². The van der Waals surface area contributed by atoms with Crippen LogP contribution in [0.15, 0.2) is 29.2 Å². The topological polar surface area (TPSA) is 75.6 Å². The highest BCUT2D eigenvalue weighted by Crippen LogP contribution is 2.14. The van der Waals surface area contributed by atoms with Gasteiger partial charge in [-0.3, -0.25) is 0 Å². The minimum absolute atomic E-state index is 0.237. The molecule has 0 aliphatic carbocycles. The fourth-order valence-corrected chi connectivity index (χ4v) is 3.10. The molecule has 1 unspecified atom stereocenters. The van der Waals surface area contributed by atoms with E-state index < -0.39 is 16.1 Å². The molecule has 0 aliphatic rings.